The molecule has 0 aromatic carbocycles. The Morgan fingerprint density at radius 1 is 1.22 bits per heavy atom. The zero-order chi connectivity index (χ0) is 13.1. The Hall–Kier alpha value is -1.58. The van der Waals surface area contributed by atoms with Gasteiger partial charge in [-0.1, -0.05) is 13.8 Å². The Balaban J connectivity index is 1.98. The average Bonchev–Trinajstić information content (AvgIpc) is 2.28. The molecule has 0 spiro atoms. The number of hydrogen-bond acceptors (Lipinski definition) is 2. The fraction of sp³-hybridized carbons (Fsp3) is 0.571. The SMILES string of the molecule is CC1CC(C)CC(NC(=O)c2ccc(=O)[nH]c2)C1. The van der Waals surface area contributed by atoms with Crippen molar-refractivity contribution in [2.24, 2.45) is 11.8 Å². The number of hydrogen-bond donors (Lipinski definition) is 2. The number of carbonyl (C=O) groups is 1. The molecule has 2 atom stereocenters. The molecule has 98 valence electrons. The Morgan fingerprint density at radius 2 is 1.89 bits per heavy atom. The molecule has 2 N–H and O–H groups in total. The van der Waals surface area contributed by atoms with Gasteiger partial charge in [0.05, 0.1) is 5.56 Å². The summed E-state index contributed by atoms with van der Waals surface area (Å²) in [6, 6.07) is 3.19. The number of amides is 1. The number of pyridine rings is 1. The van der Waals surface area contributed by atoms with Crippen LogP contribution in [-0.4, -0.2) is 16.9 Å². The van der Waals surface area contributed by atoms with Crippen LogP contribution in [0.3, 0.4) is 0 Å². The molecule has 2 rings (SSSR count). The van der Waals surface area contributed by atoms with Crippen molar-refractivity contribution in [3.8, 4) is 0 Å². The van der Waals surface area contributed by atoms with Gasteiger partial charge in [0.2, 0.25) is 5.56 Å². The molecule has 1 aliphatic carbocycles. The number of nitrogens with one attached hydrogen (secondary N) is 2. The van der Waals surface area contributed by atoms with Crippen LogP contribution in [0, 0.1) is 11.8 Å². The first kappa shape index (κ1) is 12.9. The van der Waals surface area contributed by atoms with E-state index in [0.717, 1.165) is 12.8 Å². The molecule has 1 aromatic rings. The lowest BCUT2D eigenvalue weighted by atomic mass is 9.80. The summed E-state index contributed by atoms with van der Waals surface area (Å²) in [6.45, 7) is 4.46. The summed E-state index contributed by atoms with van der Waals surface area (Å²) in [5.74, 6) is 1.22. The lowest BCUT2D eigenvalue weighted by Gasteiger charge is -2.31. The van der Waals surface area contributed by atoms with E-state index >= 15 is 0 Å². The molecule has 1 heterocycles. The first-order chi connectivity index (χ1) is 8.54. The van der Waals surface area contributed by atoms with Crippen LogP contribution >= 0.6 is 0 Å². The first-order valence-electron chi connectivity index (χ1n) is 6.54. The van der Waals surface area contributed by atoms with Crippen LogP contribution in [0.15, 0.2) is 23.1 Å². The van der Waals surface area contributed by atoms with Gasteiger partial charge in [0.1, 0.15) is 0 Å². The molecule has 1 amide bonds. The minimum Gasteiger partial charge on any atom is -0.349 e. The fourth-order valence-corrected chi connectivity index (χ4v) is 2.89. The van der Waals surface area contributed by atoms with Crippen molar-refractivity contribution in [2.75, 3.05) is 0 Å². The second kappa shape index (κ2) is 5.38. The molecule has 1 aliphatic rings. The second-order valence-corrected chi connectivity index (χ2v) is 5.53. The highest BCUT2D eigenvalue weighted by atomic mass is 16.2. The van der Waals surface area contributed by atoms with Crippen LogP contribution < -0.4 is 10.9 Å². The molecular weight excluding hydrogens is 228 g/mol. The number of aromatic amines is 1. The third-order valence-electron chi connectivity index (χ3n) is 3.56. The van der Waals surface area contributed by atoms with Crippen LogP contribution in [0.2, 0.25) is 0 Å². The Labute approximate surface area is 107 Å². The molecule has 0 radical (unpaired) electrons. The lowest BCUT2D eigenvalue weighted by molar-refractivity contribution is 0.0911. The minimum atomic E-state index is -0.188. The molecule has 1 saturated carbocycles. The molecule has 0 bridgehead atoms. The van der Waals surface area contributed by atoms with Crippen molar-refractivity contribution in [3.63, 3.8) is 0 Å². The van der Waals surface area contributed by atoms with Crippen molar-refractivity contribution in [1.29, 1.82) is 0 Å². The number of H-pyrrole nitrogens is 1. The summed E-state index contributed by atoms with van der Waals surface area (Å²) in [4.78, 5) is 25.5. The van der Waals surface area contributed by atoms with Gasteiger partial charge in [0, 0.05) is 18.3 Å². The van der Waals surface area contributed by atoms with Gasteiger partial charge >= 0.3 is 0 Å². The quantitative estimate of drug-likeness (QED) is 0.840. The van der Waals surface area contributed by atoms with Gasteiger partial charge < -0.3 is 10.3 Å². The Kier molecular flexibility index (Phi) is 3.84. The van der Waals surface area contributed by atoms with E-state index in [0.29, 0.717) is 17.4 Å². The zero-order valence-electron chi connectivity index (χ0n) is 10.9. The van der Waals surface area contributed by atoms with Gasteiger partial charge in [0.15, 0.2) is 0 Å². The van der Waals surface area contributed by atoms with Crippen LogP contribution in [0.4, 0.5) is 0 Å². The first-order valence-corrected chi connectivity index (χ1v) is 6.54. The van der Waals surface area contributed by atoms with Crippen molar-refractivity contribution in [2.45, 2.75) is 39.2 Å². The van der Waals surface area contributed by atoms with E-state index in [9.17, 15) is 9.59 Å². The predicted molar refractivity (Wildman–Crippen MR) is 70.5 cm³/mol. The van der Waals surface area contributed by atoms with E-state index in [1.807, 2.05) is 0 Å². The Bertz CT molecular complexity index is 450. The minimum absolute atomic E-state index is 0.0995. The lowest BCUT2D eigenvalue weighted by Crippen LogP contribution is -2.40. The second-order valence-electron chi connectivity index (χ2n) is 5.53. The summed E-state index contributed by atoms with van der Waals surface area (Å²) in [6.07, 6.45) is 4.79. The summed E-state index contributed by atoms with van der Waals surface area (Å²) < 4.78 is 0. The normalized spacial score (nSPS) is 27.8. The van der Waals surface area contributed by atoms with Gasteiger partial charge in [-0.2, -0.15) is 0 Å². The number of rotatable bonds is 2. The van der Waals surface area contributed by atoms with Crippen molar-refractivity contribution in [3.05, 3.63) is 34.2 Å². The van der Waals surface area contributed by atoms with Crippen LogP contribution in [-0.2, 0) is 0 Å². The molecule has 18 heavy (non-hydrogen) atoms. The summed E-state index contributed by atoms with van der Waals surface area (Å²) in [5.41, 5.74) is 0.326. The summed E-state index contributed by atoms with van der Waals surface area (Å²) in [7, 11) is 0. The fourth-order valence-electron chi connectivity index (χ4n) is 2.89. The molecule has 4 nitrogen and oxygen atoms in total. The van der Waals surface area contributed by atoms with E-state index in [-0.39, 0.29) is 17.5 Å². The Morgan fingerprint density at radius 3 is 2.44 bits per heavy atom. The smallest absolute Gasteiger partial charge is 0.252 e. The van der Waals surface area contributed by atoms with Gasteiger partial charge in [-0.05, 0) is 37.2 Å². The van der Waals surface area contributed by atoms with Gasteiger partial charge in [-0.25, -0.2) is 0 Å². The van der Waals surface area contributed by atoms with Crippen LogP contribution in [0.1, 0.15) is 43.5 Å². The standard InChI is InChI=1S/C14H20N2O2/c1-9-5-10(2)7-12(6-9)16-14(18)11-3-4-13(17)15-8-11/h3-4,8-10,12H,5-7H2,1-2H3,(H,15,17)(H,16,18). The van der Waals surface area contributed by atoms with E-state index in [1.165, 1.54) is 18.7 Å². The highest BCUT2D eigenvalue weighted by Gasteiger charge is 2.25. The average molecular weight is 248 g/mol. The molecule has 0 aliphatic heterocycles. The van der Waals surface area contributed by atoms with Gasteiger partial charge in [0.25, 0.3) is 5.91 Å². The summed E-state index contributed by atoms with van der Waals surface area (Å²) in [5, 5.41) is 3.05. The van der Waals surface area contributed by atoms with Gasteiger partial charge in [-0.3, -0.25) is 9.59 Å². The van der Waals surface area contributed by atoms with E-state index < -0.39 is 0 Å². The maximum atomic E-state index is 12.0. The maximum Gasteiger partial charge on any atom is 0.252 e. The molecule has 1 aromatic heterocycles. The van der Waals surface area contributed by atoms with Crippen molar-refractivity contribution >= 4 is 5.91 Å². The molecule has 0 saturated heterocycles. The van der Waals surface area contributed by atoms with Crippen molar-refractivity contribution in [1.82, 2.24) is 10.3 Å². The zero-order valence-corrected chi connectivity index (χ0v) is 10.9. The third kappa shape index (κ3) is 3.22. The summed E-state index contributed by atoms with van der Waals surface area (Å²) >= 11 is 0. The molecule has 1 fully saturated rings. The highest BCUT2D eigenvalue weighted by molar-refractivity contribution is 5.93. The molecule has 2 unspecified atom stereocenters. The van der Waals surface area contributed by atoms with Crippen LogP contribution in [0.5, 0.6) is 0 Å². The largest absolute Gasteiger partial charge is 0.349 e. The number of aromatic nitrogens is 1. The van der Waals surface area contributed by atoms with E-state index in [4.69, 9.17) is 0 Å². The monoisotopic (exact) mass is 248 g/mol. The maximum absolute atomic E-state index is 12.0. The topological polar surface area (TPSA) is 62.0 Å². The predicted octanol–water partition coefficient (Wildman–Crippen LogP) is 1.93. The van der Waals surface area contributed by atoms with Crippen molar-refractivity contribution < 1.29 is 4.79 Å². The number of carbonyl (C=O) groups excluding carboxylic acids is 1. The van der Waals surface area contributed by atoms with E-state index in [2.05, 4.69) is 24.1 Å². The third-order valence-corrected chi connectivity index (χ3v) is 3.56. The molecular formula is C14H20N2O2. The van der Waals surface area contributed by atoms with Crippen LogP contribution in [0.25, 0.3) is 0 Å². The molecule has 4 heteroatoms. The van der Waals surface area contributed by atoms with E-state index in [1.54, 1.807) is 6.07 Å². The highest BCUT2D eigenvalue weighted by Crippen LogP contribution is 2.28. The van der Waals surface area contributed by atoms with Gasteiger partial charge in [-0.15, -0.1) is 0 Å².